The summed E-state index contributed by atoms with van der Waals surface area (Å²) in [6.07, 6.45) is 0. The first-order chi connectivity index (χ1) is 9.47. The van der Waals surface area contributed by atoms with Gasteiger partial charge in [-0.3, -0.25) is 4.79 Å². The fraction of sp³-hybridized carbons (Fsp3) is 0.0714. The highest BCUT2D eigenvalue weighted by Gasteiger charge is 2.10. The molecule has 0 heterocycles. The van der Waals surface area contributed by atoms with Gasteiger partial charge in [0.15, 0.2) is 0 Å². The number of carbonyl (C=O) groups is 1. The van der Waals surface area contributed by atoms with Gasteiger partial charge in [-0.2, -0.15) is 0 Å². The van der Waals surface area contributed by atoms with Gasteiger partial charge in [0.1, 0.15) is 5.82 Å². The molecule has 20 heavy (non-hydrogen) atoms. The van der Waals surface area contributed by atoms with Crippen molar-refractivity contribution in [3.05, 3.63) is 67.9 Å². The number of nitrogens with one attached hydrogen (secondary N) is 1. The summed E-state index contributed by atoms with van der Waals surface area (Å²) in [5.74, 6) is -0.740. The lowest BCUT2D eigenvalue weighted by Gasteiger charge is -2.08. The molecule has 6 heteroatoms. The first-order valence-electron chi connectivity index (χ1n) is 5.64. The van der Waals surface area contributed by atoms with Crippen LogP contribution in [-0.4, -0.2) is 5.91 Å². The third kappa shape index (κ3) is 3.72. The van der Waals surface area contributed by atoms with Gasteiger partial charge in [0.2, 0.25) is 0 Å². The Hall–Kier alpha value is -1.10. The average molecular weight is 377 g/mol. The van der Waals surface area contributed by atoms with E-state index in [0.29, 0.717) is 15.1 Å². The maximum atomic E-state index is 13.0. The first-order valence-corrected chi connectivity index (χ1v) is 7.19. The number of hydrogen-bond acceptors (Lipinski definition) is 1. The van der Waals surface area contributed by atoms with Crippen LogP contribution in [0.5, 0.6) is 0 Å². The summed E-state index contributed by atoms with van der Waals surface area (Å²) in [5.41, 5.74) is 1.19. The van der Waals surface area contributed by atoms with Gasteiger partial charge in [0.05, 0.1) is 10.6 Å². The highest BCUT2D eigenvalue weighted by atomic mass is 79.9. The molecule has 2 aromatic carbocycles. The van der Waals surface area contributed by atoms with Crippen LogP contribution in [0.4, 0.5) is 4.39 Å². The van der Waals surface area contributed by atoms with Gasteiger partial charge >= 0.3 is 0 Å². The van der Waals surface area contributed by atoms with E-state index < -0.39 is 5.82 Å². The molecule has 0 unspecified atom stereocenters. The molecule has 0 saturated carbocycles. The number of rotatable bonds is 3. The molecular formula is C14H9BrCl2FNO. The second-order valence-electron chi connectivity index (χ2n) is 4.06. The van der Waals surface area contributed by atoms with Crippen LogP contribution >= 0.6 is 39.1 Å². The summed E-state index contributed by atoms with van der Waals surface area (Å²) in [6, 6.07) is 9.22. The predicted molar refractivity (Wildman–Crippen MR) is 81.7 cm³/mol. The zero-order valence-electron chi connectivity index (χ0n) is 10.1. The second-order valence-corrected chi connectivity index (χ2v) is 5.75. The molecule has 0 fully saturated rings. The Labute approximate surface area is 134 Å². The second kappa shape index (κ2) is 6.57. The topological polar surface area (TPSA) is 29.1 Å². The van der Waals surface area contributed by atoms with Crippen molar-refractivity contribution in [1.29, 1.82) is 0 Å². The Morgan fingerprint density at radius 3 is 2.60 bits per heavy atom. The van der Waals surface area contributed by atoms with Gasteiger partial charge in [0, 0.05) is 16.0 Å². The Bertz CT molecular complexity index is 664. The van der Waals surface area contributed by atoms with Gasteiger partial charge in [-0.1, -0.05) is 29.3 Å². The number of benzene rings is 2. The summed E-state index contributed by atoms with van der Waals surface area (Å²) in [5, 5.41) is 3.30. The molecule has 2 nitrogen and oxygen atoms in total. The van der Waals surface area contributed by atoms with E-state index in [1.807, 2.05) is 0 Å². The molecule has 0 aliphatic carbocycles. The molecule has 0 atom stereocenters. The molecule has 1 amide bonds. The molecule has 2 aromatic rings. The van der Waals surface area contributed by atoms with Crippen LogP contribution in [0, 0.1) is 5.82 Å². The minimum Gasteiger partial charge on any atom is -0.348 e. The zero-order chi connectivity index (χ0) is 14.7. The van der Waals surface area contributed by atoms with Crippen molar-refractivity contribution in [2.24, 2.45) is 0 Å². The van der Waals surface area contributed by atoms with Crippen molar-refractivity contribution in [2.45, 2.75) is 6.54 Å². The highest BCUT2D eigenvalue weighted by Crippen LogP contribution is 2.21. The van der Waals surface area contributed by atoms with Crippen LogP contribution in [0.25, 0.3) is 0 Å². The van der Waals surface area contributed by atoms with E-state index in [2.05, 4.69) is 21.2 Å². The van der Waals surface area contributed by atoms with Crippen molar-refractivity contribution < 1.29 is 9.18 Å². The summed E-state index contributed by atoms with van der Waals surface area (Å²) < 4.78 is 13.6. The Morgan fingerprint density at radius 1 is 1.20 bits per heavy atom. The van der Waals surface area contributed by atoms with E-state index >= 15 is 0 Å². The largest absolute Gasteiger partial charge is 0.348 e. The molecule has 0 aliphatic rings. The minimum atomic E-state index is -0.484. The van der Waals surface area contributed by atoms with E-state index in [4.69, 9.17) is 23.2 Å². The van der Waals surface area contributed by atoms with Crippen molar-refractivity contribution in [2.75, 3.05) is 0 Å². The zero-order valence-corrected chi connectivity index (χ0v) is 13.2. The molecule has 0 aromatic heterocycles. The lowest BCUT2D eigenvalue weighted by Crippen LogP contribution is -2.23. The van der Waals surface area contributed by atoms with E-state index in [1.54, 1.807) is 24.3 Å². The molecule has 104 valence electrons. The van der Waals surface area contributed by atoms with Crippen LogP contribution in [0.3, 0.4) is 0 Å². The van der Waals surface area contributed by atoms with Gasteiger partial charge in [0.25, 0.3) is 5.91 Å². The lowest BCUT2D eigenvalue weighted by atomic mass is 10.2. The molecule has 1 N–H and O–H groups in total. The third-order valence-electron chi connectivity index (χ3n) is 2.61. The lowest BCUT2D eigenvalue weighted by molar-refractivity contribution is 0.0950. The average Bonchev–Trinajstić information content (AvgIpc) is 2.40. The van der Waals surface area contributed by atoms with E-state index in [9.17, 15) is 9.18 Å². The maximum absolute atomic E-state index is 13.0. The Balaban J connectivity index is 2.06. The van der Waals surface area contributed by atoms with Crippen LogP contribution in [0.15, 0.2) is 40.9 Å². The van der Waals surface area contributed by atoms with Crippen LogP contribution in [0.1, 0.15) is 15.9 Å². The number of amides is 1. The van der Waals surface area contributed by atoms with Gasteiger partial charge in [-0.15, -0.1) is 0 Å². The Morgan fingerprint density at radius 2 is 1.95 bits per heavy atom. The van der Waals surface area contributed by atoms with Crippen LogP contribution in [0.2, 0.25) is 10.0 Å². The van der Waals surface area contributed by atoms with Crippen molar-refractivity contribution in [3.8, 4) is 0 Å². The SMILES string of the molecule is O=C(NCc1ccc(F)c(Cl)c1)c1ccc(Cl)cc1Br. The standard InChI is InChI=1S/C14H9BrCl2FNO/c15-11-6-9(16)2-3-10(11)14(20)19-7-8-1-4-13(18)12(17)5-8/h1-6H,7H2,(H,19,20). The smallest absolute Gasteiger partial charge is 0.252 e. The van der Waals surface area contributed by atoms with E-state index in [1.165, 1.54) is 12.1 Å². The third-order valence-corrected chi connectivity index (χ3v) is 3.79. The molecule has 0 saturated heterocycles. The fourth-order valence-electron chi connectivity index (χ4n) is 1.60. The van der Waals surface area contributed by atoms with Crippen molar-refractivity contribution in [3.63, 3.8) is 0 Å². The van der Waals surface area contributed by atoms with Gasteiger partial charge < -0.3 is 5.32 Å². The van der Waals surface area contributed by atoms with E-state index in [0.717, 1.165) is 5.56 Å². The van der Waals surface area contributed by atoms with Crippen molar-refractivity contribution >= 4 is 45.0 Å². The van der Waals surface area contributed by atoms with Gasteiger partial charge in [-0.25, -0.2) is 4.39 Å². The molecular weight excluding hydrogens is 368 g/mol. The monoisotopic (exact) mass is 375 g/mol. The van der Waals surface area contributed by atoms with Crippen molar-refractivity contribution in [1.82, 2.24) is 5.32 Å². The summed E-state index contributed by atoms with van der Waals surface area (Å²) >= 11 is 14.8. The van der Waals surface area contributed by atoms with E-state index in [-0.39, 0.29) is 17.5 Å². The quantitative estimate of drug-likeness (QED) is 0.816. The number of carbonyl (C=O) groups excluding carboxylic acids is 1. The molecule has 0 spiro atoms. The molecule has 0 radical (unpaired) electrons. The first kappa shape index (κ1) is 15.3. The fourth-order valence-corrected chi connectivity index (χ4v) is 2.67. The van der Waals surface area contributed by atoms with Crippen LogP contribution < -0.4 is 5.32 Å². The number of hydrogen-bond donors (Lipinski definition) is 1. The highest BCUT2D eigenvalue weighted by molar-refractivity contribution is 9.10. The molecule has 0 aliphatic heterocycles. The normalized spacial score (nSPS) is 10.4. The summed E-state index contributed by atoms with van der Waals surface area (Å²) in [4.78, 5) is 12.0. The minimum absolute atomic E-state index is 0.0319. The summed E-state index contributed by atoms with van der Waals surface area (Å²) in [6.45, 7) is 0.258. The predicted octanol–water partition coefficient (Wildman–Crippen LogP) is 4.83. The van der Waals surface area contributed by atoms with Gasteiger partial charge in [-0.05, 0) is 51.8 Å². The number of halogens is 4. The maximum Gasteiger partial charge on any atom is 0.252 e. The molecule has 0 bridgehead atoms. The Kier molecular flexibility index (Phi) is 5.02. The summed E-state index contributed by atoms with van der Waals surface area (Å²) in [7, 11) is 0. The van der Waals surface area contributed by atoms with Crippen LogP contribution in [-0.2, 0) is 6.54 Å². The molecule has 2 rings (SSSR count).